The van der Waals surface area contributed by atoms with Gasteiger partial charge in [-0.05, 0) is 49.0 Å². The zero-order valence-electron chi connectivity index (χ0n) is 12.2. The molecule has 0 amide bonds. The van der Waals surface area contributed by atoms with Gasteiger partial charge in [-0.15, -0.1) is 11.3 Å². The summed E-state index contributed by atoms with van der Waals surface area (Å²) < 4.78 is 10.6. The van der Waals surface area contributed by atoms with Crippen LogP contribution in [0.2, 0.25) is 0 Å². The molecule has 0 aliphatic rings. The van der Waals surface area contributed by atoms with E-state index in [2.05, 4.69) is 35.0 Å². The molecule has 0 aliphatic heterocycles. The maximum Gasteiger partial charge on any atom is 0.160 e. The second-order valence-electron chi connectivity index (χ2n) is 4.66. The lowest BCUT2D eigenvalue weighted by Gasteiger charge is -2.16. The first kappa shape index (κ1) is 14.9. The number of methoxy groups -OCH3 is 2. The Hall–Kier alpha value is -1.52. The fourth-order valence-corrected chi connectivity index (χ4v) is 3.03. The second kappa shape index (κ2) is 7.31. The number of rotatable bonds is 7. The Morgan fingerprint density at radius 2 is 1.90 bits per heavy atom. The first-order valence-electron chi connectivity index (χ1n) is 6.67. The van der Waals surface area contributed by atoms with E-state index in [1.54, 1.807) is 25.6 Å². The average molecular weight is 291 g/mol. The zero-order valence-corrected chi connectivity index (χ0v) is 13.0. The topological polar surface area (TPSA) is 30.5 Å². The summed E-state index contributed by atoms with van der Waals surface area (Å²) in [6, 6.07) is 10.8. The lowest BCUT2D eigenvalue weighted by Crippen LogP contribution is -2.29. The summed E-state index contributed by atoms with van der Waals surface area (Å²) in [4.78, 5) is 1.41. The molecule has 1 atom stereocenters. The van der Waals surface area contributed by atoms with Gasteiger partial charge in [0.05, 0.1) is 14.2 Å². The average Bonchev–Trinajstić information content (AvgIpc) is 2.99. The third-order valence-electron chi connectivity index (χ3n) is 3.37. The van der Waals surface area contributed by atoms with Gasteiger partial charge in [0.25, 0.3) is 0 Å². The Balaban J connectivity index is 2.07. The molecule has 108 valence electrons. The van der Waals surface area contributed by atoms with Gasteiger partial charge in [0.15, 0.2) is 11.5 Å². The Morgan fingerprint density at radius 1 is 1.10 bits per heavy atom. The van der Waals surface area contributed by atoms with Gasteiger partial charge >= 0.3 is 0 Å². The first-order chi connectivity index (χ1) is 9.76. The van der Waals surface area contributed by atoms with Gasteiger partial charge in [-0.1, -0.05) is 12.1 Å². The summed E-state index contributed by atoms with van der Waals surface area (Å²) in [7, 11) is 5.34. The molecule has 1 N–H and O–H groups in total. The van der Waals surface area contributed by atoms with Crippen LogP contribution in [0.1, 0.15) is 10.4 Å². The van der Waals surface area contributed by atoms with Crippen LogP contribution >= 0.6 is 11.3 Å². The van der Waals surface area contributed by atoms with E-state index in [0.29, 0.717) is 6.04 Å². The Kier molecular flexibility index (Phi) is 5.44. The van der Waals surface area contributed by atoms with Crippen molar-refractivity contribution in [3.05, 3.63) is 46.2 Å². The summed E-state index contributed by atoms with van der Waals surface area (Å²) in [5.74, 6) is 1.56. The van der Waals surface area contributed by atoms with Crippen LogP contribution in [0, 0.1) is 0 Å². The van der Waals surface area contributed by atoms with Crippen molar-refractivity contribution in [3.63, 3.8) is 0 Å². The summed E-state index contributed by atoms with van der Waals surface area (Å²) in [5, 5.41) is 5.51. The van der Waals surface area contributed by atoms with Crippen molar-refractivity contribution in [2.45, 2.75) is 18.9 Å². The summed E-state index contributed by atoms with van der Waals surface area (Å²) in [5.41, 5.74) is 1.25. The van der Waals surface area contributed by atoms with Crippen LogP contribution in [-0.4, -0.2) is 27.3 Å². The SMILES string of the molecule is CNC(Cc1ccc(OC)c(OC)c1)Cc1cccs1. The minimum absolute atomic E-state index is 0.423. The van der Waals surface area contributed by atoms with E-state index in [9.17, 15) is 0 Å². The number of ether oxygens (including phenoxy) is 2. The molecule has 2 aromatic rings. The van der Waals surface area contributed by atoms with Gasteiger partial charge in [0.1, 0.15) is 0 Å². The number of hydrogen-bond donors (Lipinski definition) is 1. The van der Waals surface area contributed by atoms with Crippen LogP contribution in [0.4, 0.5) is 0 Å². The quantitative estimate of drug-likeness (QED) is 0.850. The van der Waals surface area contributed by atoms with E-state index in [1.165, 1.54) is 10.4 Å². The van der Waals surface area contributed by atoms with Crippen molar-refractivity contribution in [1.82, 2.24) is 5.32 Å². The molecule has 1 aromatic carbocycles. The molecule has 0 bridgehead atoms. The van der Waals surface area contributed by atoms with Crippen molar-refractivity contribution in [2.24, 2.45) is 0 Å². The maximum atomic E-state index is 5.35. The predicted molar refractivity (Wildman–Crippen MR) is 84.1 cm³/mol. The van der Waals surface area contributed by atoms with Gasteiger partial charge in [-0.3, -0.25) is 0 Å². The molecule has 4 heteroatoms. The molecular weight excluding hydrogens is 270 g/mol. The molecule has 1 aromatic heterocycles. The third kappa shape index (κ3) is 3.74. The van der Waals surface area contributed by atoms with Gasteiger partial charge in [0.2, 0.25) is 0 Å². The standard InChI is InChI=1S/C16H21NO2S/c1-17-13(11-14-5-4-8-20-14)9-12-6-7-15(18-2)16(10-12)19-3/h4-8,10,13,17H,9,11H2,1-3H3. The van der Waals surface area contributed by atoms with Crippen molar-refractivity contribution < 1.29 is 9.47 Å². The molecule has 0 saturated carbocycles. The maximum absolute atomic E-state index is 5.35. The highest BCUT2D eigenvalue weighted by atomic mass is 32.1. The molecule has 20 heavy (non-hydrogen) atoms. The smallest absolute Gasteiger partial charge is 0.160 e. The number of thiophene rings is 1. The highest BCUT2D eigenvalue weighted by molar-refractivity contribution is 7.09. The van der Waals surface area contributed by atoms with E-state index in [1.807, 2.05) is 13.1 Å². The molecule has 0 radical (unpaired) electrons. The largest absolute Gasteiger partial charge is 0.493 e. The van der Waals surface area contributed by atoms with E-state index < -0.39 is 0 Å². The molecule has 1 unspecified atom stereocenters. The van der Waals surface area contributed by atoms with E-state index in [-0.39, 0.29) is 0 Å². The van der Waals surface area contributed by atoms with Crippen molar-refractivity contribution in [2.75, 3.05) is 21.3 Å². The van der Waals surface area contributed by atoms with Gasteiger partial charge in [0, 0.05) is 10.9 Å². The fraction of sp³-hybridized carbons (Fsp3) is 0.375. The molecule has 0 fully saturated rings. The van der Waals surface area contributed by atoms with E-state index >= 15 is 0 Å². The first-order valence-corrected chi connectivity index (χ1v) is 7.55. The summed E-state index contributed by atoms with van der Waals surface area (Å²) in [6.07, 6.45) is 2.01. The van der Waals surface area contributed by atoms with Gasteiger partial charge < -0.3 is 14.8 Å². The predicted octanol–water partition coefficient (Wildman–Crippen LogP) is 3.14. The van der Waals surface area contributed by atoms with Crippen LogP contribution in [-0.2, 0) is 12.8 Å². The minimum Gasteiger partial charge on any atom is -0.493 e. The number of nitrogens with one attached hydrogen (secondary N) is 1. The third-order valence-corrected chi connectivity index (χ3v) is 4.26. The van der Waals surface area contributed by atoms with Gasteiger partial charge in [-0.2, -0.15) is 0 Å². The Morgan fingerprint density at radius 3 is 2.50 bits per heavy atom. The van der Waals surface area contributed by atoms with Crippen molar-refractivity contribution >= 4 is 11.3 Å². The second-order valence-corrected chi connectivity index (χ2v) is 5.69. The Bertz CT molecular complexity index is 525. The highest BCUT2D eigenvalue weighted by Crippen LogP contribution is 2.28. The molecule has 2 rings (SSSR count). The van der Waals surface area contributed by atoms with Crippen molar-refractivity contribution in [3.8, 4) is 11.5 Å². The van der Waals surface area contributed by atoms with Crippen LogP contribution < -0.4 is 14.8 Å². The molecule has 3 nitrogen and oxygen atoms in total. The van der Waals surface area contributed by atoms with Crippen LogP contribution in [0.3, 0.4) is 0 Å². The van der Waals surface area contributed by atoms with Crippen LogP contribution in [0.25, 0.3) is 0 Å². The molecule has 1 heterocycles. The fourth-order valence-electron chi connectivity index (χ4n) is 2.24. The minimum atomic E-state index is 0.423. The summed E-state index contributed by atoms with van der Waals surface area (Å²) in [6.45, 7) is 0. The van der Waals surface area contributed by atoms with E-state index in [4.69, 9.17) is 9.47 Å². The molecule has 0 aliphatic carbocycles. The number of hydrogen-bond acceptors (Lipinski definition) is 4. The number of likely N-dealkylation sites (N-methyl/N-ethyl adjacent to an activating group) is 1. The van der Waals surface area contributed by atoms with E-state index in [0.717, 1.165) is 24.3 Å². The van der Waals surface area contributed by atoms with Crippen LogP contribution in [0.15, 0.2) is 35.7 Å². The summed E-state index contributed by atoms with van der Waals surface area (Å²) >= 11 is 1.81. The van der Waals surface area contributed by atoms with Crippen LogP contribution in [0.5, 0.6) is 11.5 Å². The highest BCUT2D eigenvalue weighted by Gasteiger charge is 2.11. The normalized spacial score (nSPS) is 12.2. The Labute approximate surface area is 124 Å². The zero-order chi connectivity index (χ0) is 14.4. The monoisotopic (exact) mass is 291 g/mol. The molecule has 0 saturated heterocycles. The lowest BCUT2D eigenvalue weighted by atomic mass is 10.0. The molecular formula is C16H21NO2S. The number of benzene rings is 1. The molecule has 0 spiro atoms. The van der Waals surface area contributed by atoms with Gasteiger partial charge in [-0.25, -0.2) is 0 Å². The van der Waals surface area contributed by atoms with Crippen molar-refractivity contribution in [1.29, 1.82) is 0 Å². The lowest BCUT2D eigenvalue weighted by molar-refractivity contribution is 0.354.